The van der Waals surface area contributed by atoms with E-state index < -0.39 is 17.4 Å². The third kappa shape index (κ3) is 3.23. The SMILES string of the molecule is C=C(C)CN1C(=O)[C@]2(N[C@@H](CC(C)C)[C@H]3C(=O)N(Cc4ccccc4)C(=O)[C@H]32)c2ccccc21. The minimum Gasteiger partial charge on any atom is -0.306 e. The smallest absolute Gasteiger partial charge is 0.253 e. The molecule has 2 fully saturated rings. The van der Waals surface area contributed by atoms with E-state index in [1.165, 1.54) is 4.90 Å². The molecule has 6 nitrogen and oxygen atoms in total. The molecule has 4 atom stereocenters. The molecule has 5 rings (SSSR count). The minimum absolute atomic E-state index is 0.166. The average molecular weight is 458 g/mol. The van der Waals surface area contributed by atoms with Gasteiger partial charge in [0.1, 0.15) is 5.54 Å². The number of carbonyl (C=O) groups is 3. The Morgan fingerprint density at radius 3 is 2.35 bits per heavy atom. The van der Waals surface area contributed by atoms with E-state index in [0.717, 1.165) is 22.4 Å². The number of imide groups is 1. The molecule has 3 heterocycles. The van der Waals surface area contributed by atoms with Crippen molar-refractivity contribution in [3.05, 3.63) is 77.9 Å². The van der Waals surface area contributed by atoms with Gasteiger partial charge in [-0.2, -0.15) is 0 Å². The van der Waals surface area contributed by atoms with E-state index in [-0.39, 0.29) is 30.3 Å². The Balaban J connectivity index is 1.62. The molecule has 0 bridgehead atoms. The predicted molar refractivity (Wildman–Crippen MR) is 131 cm³/mol. The fourth-order valence-corrected chi connectivity index (χ4v) is 6.07. The Labute approximate surface area is 200 Å². The Morgan fingerprint density at radius 2 is 1.68 bits per heavy atom. The number of amides is 3. The van der Waals surface area contributed by atoms with Crippen LogP contribution in [0.1, 0.15) is 38.3 Å². The van der Waals surface area contributed by atoms with E-state index in [4.69, 9.17) is 0 Å². The van der Waals surface area contributed by atoms with E-state index in [1.807, 2.05) is 61.5 Å². The van der Waals surface area contributed by atoms with Crippen LogP contribution in [0.4, 0.5) is 5.69 Å². The quantitative estimate of drug-likeness (QED) is 0.531. The zero-order valence-corrected chi connectivity index (χ0v) is 20.0. The molecule has 1 N–H and O–H groups in total. The molecule has 2 aromatic carbocycles. The highest BCUT2D eigenvalue weighted by molar-refractivity contribution is 6.16. The molecular formula is C28H31N3O3. The summed E-state index contributed by atoms with van der Waals surface area (Å²) in [5, 5.41) is 3.56. The topological polar surface area (TPSA) is 69.7 Å². The summed E-state index contributed by atoms with van der Waals surface area (Å²) in [7, 11) is 0. The van der Waals surface area contributed by atoms with E-state index in [0.29, 0.717) is 18.9 Å². The number of nitrogens with one attached hydrogen (secondary N) is 1. The van der Waals surface area contributed by atoms with Crippen molar-refractivity contribution in [2.45, 2.75) is 45.3 Å². The molecule has 0 aliphatic carbocycles. The van der Waals surface area contributed by atoms with Crippen LogP contribution in [0.3, 0.4) is 0 Å². The van der Waals surface area contributed by atoms with Crippen molar-refractivity contribution in [1.82, 2.24) is 10.2 Å². The maximum atomic E-state index is 14.2. The van der Waals surface area contributed by atoms with Gasteiger partial charge in [-0.3, -0.25) is 24.6 Å². The summed E-state index contributed by atoms with van der Waals surface area (Å²) < 4.78 is 0. The van der Waals surface area contributed by atoms with Crippen LogP contribution in [0.2, 0.25) is 0 Å². The van der Waals surface area contributed by atoms with Crippen LogP contribution < -0.4 is 10.2 Å². The lowest BCUT2D eigenvalue weighted by molar-refractivity contribution is -0.143. The number of fused-ring (bicyclic) bond motifs is 4. The first kappa shape index (κ1) is 22.5. The van der Waals surface area contributed by atoms with Gasteiger partial charge in [0.25, 0.3) is 5.91 Å². The van der Waals surface area contributed by atoms with Crippen molar-refractivity contribution in [2.24, 2.45) is 17.8 Å². The molecular weight excluding hydrogens is 426 g/mol. The molecule has 0 unspecified atom stereocenters. The Bertz CT molecular complexity index is 1170. The second-order valence-electron chi connectivity index (χ2n) is 10.3. The second-order valence-corrected chi connectivity index (χ2v) is 10.3. The Morgan fingerprint density at radius 1 is 1.00 bits per heavy atom. The van der Waals surface area contributed by atoms with Gasteiger partial charge in [-0.15, -0.1) is 0 Å². The zero-order valence-electron chi connectivity index (χ0n) is 20.0. The molecule has 34 heavy (non-hydrogen) atoms. The highest BCUT2D eigenvalue weighted by Gasteiger charge is 2.71. The monoisotopic (exact) mass is 457 g/mol. The van der Waals surface area contributed by atoms with Gasteiger partial charge in [-0.1, -0.05) is 74.5 Å². The van der Waals surface area contributed by atoms with Crippen LogP contribution in [-0.2, 0) is 26.5 Å². The van der Waals surface area contributed by atoms with Crippen molar-refractivity contribution < 1.29 is 14.4 Å². The van der Waals surface area contributed by atoms with Gasteiger partial charge >= 0.3 is 0 Å². The number of nitrogens with zero attached hydrogens (tertiary/aromatic N) is 2. The van der Waals surface area contributed by atoms with Crippen LogP contribution >= 0.6 is 0 Å². The first-order valence-corrected chi connectivity index (χ1v) is 12.0. The van der Waals surface area contributed by atoms with Gasteiger partial charge in [0.2, 0.25) is 11.8 Å². The lowest BCUT2D eigenvalue weighted by Gasteiger charge is -2.31. The minimum atomic E-state index is -1.24. The van der Waals surface area contributed by atoms with E-state index in [9.17, 15) is 14.4 Å². The lowest BCUT2D eigenvalue weighted by atomic mass is 9.76. The van der Waals surface area contributed by atoms with Crippen LogP contribution in [0.5, 0.6) is 0 Å². The van der Waals surface area contributed by atoms with Crippen molar-refractivity contribution in [2.75, 3.05) is 11.4 Å². The van der Waals surface area contributed by atoms with Crippen molar-refractivity contribution in [1.29, 1.82) is 0 Å². The molecule has 2 saturated heterocycles. The number of benzene rings is 2. The number of rotatable bonds is 6. The number of carbonyl (C=O) groups excluding carboxylic acids is 3. The van der Waals surface area contributed by atoms with Crippen LogP contribution in [0.15, 0.2) is 66.7 Å². The second kappa shape index (κ2) is 8.20. The van der Waals surface area contributed by atoms with Gasteiger partial charge in [0, 0.05) is 23.8 Å². The summed E-state index contributed by atoms with van der Waals surface area (Å²) in [6.07, 6.45) is 0.705. The van der Waals surface area contributed by atoms with E-state index in [1.54, 1.807) is 4.90 Å². The van der Waals surface area contributed by atoms with Gasteiger partial charge in [-0.25, -0.2) is 0 Å². The van der Waals surface area contributed by atoms with Crippen LogP contribution in [0, 0.1) is 17.8 Å². The molecule has 0 radical (unpaired) electrons. The summed E-state index contributed by atoms with van der Waals surface area (Å²) in [6, 6.07) is 16.9. The van der Waals surface area contributed by atoms with Crippen LogP contribution in [-0.4, -0.2) is 35.2 Å². The summed E-state index contributed by atoms with van der Waals surface area (Å²) in [4.78, 5) is 44.9. The molecule has 0 aromatic heterocycles. The predicted octanol–water partition coefficient (Wildman–Crippen LogP) is 3.62. The molecule has 1 spiro atoms. The fourth-order valence-electron chi connectivity index (χ4n) is 6.07. The number of anilines is 1. The average Bonchev–Trinajstić information content (AvgIpc) is 3.34. The number of hydrogen-bond donors (Lipinski definition) is 1. The third-order valence-electron chi connectivity index (χ3n) is 7.29. The maximum Gasteiger partial charge on any atom is 0.253 e. The van der Waals surface area contributed by atoms with Gasteiger partial charge < -0.3 is 4.90 Å². The summed E-state index contributed by atoms with van der Waals surface area (Å²) in [5.74, 6) is -1.65. The Kier molecular flexibility index (Phi) is 5.44. The van der Waals surface area contributed by atoms with E-state index >= 15 is 0 Å². The maximum absolute atomic E-state index is 14.2. The van der Waals surface area contributed by atoms with Crippen molar-refractivity contribution in [3.8, 4) is 0 Å². The standard InChI is InChI=1S/C28H31N3O3/c1-17(2)14-21-23-24(26(33)31(25(23)32)16-19-10-6-5-7-11-19)28(29-21)20-12-8-9-13-22(20)30(27(28)34)15-18(3)4/h5-13,17,21,23-24,29H,3,14-16H2,1-2,4H3/t21-,23+,24-,28-/m0/s1. The summed E-state index contributed by atoms with van der Waals surface area (Å²) in [6.45, 7) is 10.7. The molecule has 2 aromatic rings. The highest BCUT2D eigenvalue weighted by Crippen LogP contribution is 2.55. The lowest BCUT2D eigenvalue weighted by Crippen LogP contribution is -2.55. The van der Waals surface area contributed by atoms with Crippen LogP contribution in [0.25, 0.3) is 0 Å². The first-order chi connectivity index (χ1) is 16.3. The first-order valence-electron chi connectivity index (χ1n) is 12.0. The number of likely N-dealkylation sites (tertiary alicyclic amines) is 1. The molecule has 3 amide bonds. The normalized spacial score (nSPS) is 27.8. The molecule has 176 valence electrons. The van der Waals surface area contributed by atoms with E-state index in [2.05, 4.69) is 25.7 Å². The van der Waals surface area contributed by atoms with Crippen molar-refractivity contribution >= 4 is 23.4 Å². The summed E-state index contributed by atoms with van der Waals surface area (Å²) in [5.41, 5.74) is 2.08. The van der Waals surface area contributed by atoms with Gasteiger partial charge in [0.15, 0.2) is 0 Å². The number of hydrogen-bond acceptors (Lipinski definition) is 4. The number of para-hydroxylation sites is 1. The summed E-state index contributed by atoms with van der Waals surface area (Å²) >= 11 is 0. The largest absolute Gasteiger partial charge is 0.306 e. The zero-order chi connectivity index (χ0) is 24.2. The molecule has 6 heteroatoms. The van der Waals surface area contributed by atoms with Gasteiger partial charge in [0.05, 0.1) is 18.4 Å². The highest BCUT2D eigenvalue weighted by atomic mass is 16.2. The van der Waals surface area contributed by atoms with Crippen molar-refractivity contribution in [3.63, 3.8) is 0 Å². The van der Waals surface area contributed by atoms with Gasteiger partial charge in [-0.05, 0) is 30.9 Å². The fraction of sp³-hybridized carbons (Fsp3) is 0.393. The molecule has 3 aliphatic rings. The molecule has 3 aliphatic heterocycles. The third-order valence-corrected chi connectivity index (χ3v) is 7.29. The molecule has 0 saturated carbocycles. The Hall–Kier alpha value is -3.25.